The zero-order valence-corrected chi connectivity index (χ0v) is 16.7. The van der Waals surface area contributed by atoms with Crippen LogP contribution in [-0.2, 0) is 0 Å². The van der Waals surface area contributed by atoms with Crippen molar-refractivity contribution in [2.24, 2.45) is 0 Å². The van der Waals surface area contributed by atoms with Gasteiger partial charge >= 0.3 is 6.03 Å². The van der Waals surface area contributed by atoms with E-state index in [-0.39, 0.29) is 6.03 Å². The first-order valence-corrected chi connectivity index (χ1v) is 9.35. The zero-order chi connectivity index (χ0) is 18.7. The molecule has 0 aliphatic heterocycles. The molecule has 0 unspecified atom stereocenters. The maximum atomic E-state index is 12.0. The number of unbranched alkanes of at least 4 members (excludes halogenated alkanes) is 1. The highest BCUT2D eigenvalue weighted by Gasteiger charge is 2.07. The van der Waals surface area contributed by atoms with Crippen molar-refractivity contribution in [2.45, 2.75) is 39.2 Å². The van der Waals surface area contributed by atoms with Crippen molar-refractivity contribution in [2.75, 3.05) is 40.3 Å². The van der Waals surface area contributed by atoms with Gasteiger partial charge in [0.25, 0.3) is 0 Å². The molecule has 1 aromatic rings. The van der Waals surface area contributed by atoms with Gasteiger partial charge in [-0.3, -0.25) is 0 Å². The Hall–Kier alpha value is -1.46. The summed E-state index contributed by atoms with van der Waals surface area (Å²) in [5, 5.41) is 3.66. The Morgan fingerprint density at radius 1 is 1.12 bits per heavy atom. The third-order valence-electron chi connectivity index (χ3n) is 4.16. The first-order valence-electron chi connectivity index (χ1n) is 8.97. The minimum Gasteiger partial charge on any atom is -0.494 e. The maximum Gasteiger partial charge on any atom is 0.317 e. The highest BCUT2D eigenvalue weighted by atomic mass is 35.5. The van der Waals surface area contributed by atoms with Crippen LogP contribution in [0.25, 0.3) is 0 Å². The highest BCUT2D eigenvalue weighted by Crippen LogP contribution is 2.15. The molecule has 6 heteroatoms. The van der Waals surface area contributed by atoms with Gasteiger partial charge in [0.15, 0.2) is 0 Å². The Kier molecular flexibility index (Phi) is 10.3. The average Bonchev–Trinajstić information content (AvgIpc) is 2.59. The topological polar surface area (TPSA) is 44.8 Å². The molecule has 0 aromatic heterocycles. The van der Waals surface area contributed by atoms with Crippen LogP contribution in [0.4, 0.5) is 4.79 Å². The van der Waals surface area contributed by atoms with Crippen molar-refractivity contribution in [1.29, 1.82) is 0 Å². The van der Waals surface area contributed by atoms with Gasteiger partial charge in [0.1, 0.15) is 5.75 Å². The minimum atomic E-state index is -0.0243. The Morgan fingerprint density at radius 2 is 1.80 bits per heavy atom. The first-order chi connectivity index (χ1) is 11.9. The molecule has 1 N–H and O–H groups in total. The Bertz CT molecular complexity index is 494. The van der Waals surface area contributed by atoms with Crippen molar-refractivity contribution in [3.05, 3.63) is 29.3 Å². The molecule has 0 heterocycles. The largest absolute Gasteiger partial charge is 0.494 e. The van der Waals surface area contributed by atoms with Crippen LogP contribution in [-0.4, -0.2) is 62.2 Å². The summed E-state index contributed by atoms with van der Waals surface area (Å²) in [7, 11) is 3.94. The number of ether oxygens (including phenoxy) is 1. The van der Waals surface area contributed by atoms with Gasteiger partial charge in [0.2, 0.25) is 0 Å². The van der Waals surface area contributed by atoms with Crippen molar-refractivity contribution in [3.8, 4) is 5.75 Å². The van der Waals surface area contributed by atoms with Gasteiger partial charge in [-0.15, -0.1) is 0 Å². The van der Waals surface area contributed by atoms with Crippen molar-refractivity contribution in [3.63, 3.8) is 0 Å². The molecule has 0 bridgehead atoms. The van der Waals surface area contributed by atoms with Crippen LogP contribution in [0.5, 0.6) is 5.75 Å². The summed E-state index contributed by atoms with van der Waals surface area (Å²) < 4.78 is 5.62. The number of hydrogen-bond acceptors (Lipinski definition) is 3. The third-order valence-corrected chi connectivity index (χ3v) is 4.41. The normalized spacial score (nSPS) is 11.0. The molecule has 142 valence electrons. The van der Waals surface area contributed by atoms with Gasteiger partial charge in [-0.1, -0.05) is 11.6 Å². The predicted octanol–water partition coefficient (Wildman–Crippen LogP) is 3.87. The van der Waals surface area contributed by atoms with Crippen LogP contribution >= 0.6 is 11.6 Å². The van der Waals surface area contributed by atoms with Crippen molar-refractivity contribution < 1.29 is 9.53 Å². The van der Waals surface area contributed by atoms with E-state index < -0.39 is 0 Å². The van der Waals surface area contributed by atoms with E-state index in [1.807, 2.05) is 19.2 Å². The molecule has 1 rings (SSSR count). The number of benzene rings is 1. The molecule has 25 heavy (non-hydrogen) atoms. The van der Waals surface area contributed by atoms with Crippen LogP contribution < -0.4 is 10.1 Å². The van der Waals surface area contributed by atoms with E-state index in [1.165, 1.54) is 0 Å². The number of hydrogen-bond donors (Lipinski definition) is 1. The molecule has 0 atom stereocenters. The lowest BCUT2D eigenvalue weighted by atomic mass is 10.2. The fourth-order valence-electron chi connectivity index (χ4n) is 2.20. The molecule has 0 saturated heterocycles. The van der Waals surface area contributed by atoms with Crippen LogP contribution in [0.1, 0.15) is 33.1 Å². The van der Waals surface area contributed by atoms with E-state index in [0.717, 1.165) is 38.1 Å². The Labute approximate surface area is 157 Å². The summed E-state index contributed by atoms with van der Waals surface area (Å²) in [6.45, 7) is 7.39. The van der Waals surface area contributed by atoms with Crippen LogP contribution in [0.2, 0.25) is 5.02 Å². The van der Waals surface area contributed by atoms with E-state index in [1.54, 1.807) is 17.0 Å². The molecule has 0 fully saturated rings. The van der Waals surface area contributed by atoms with Gasteiger partial charge in [-0.25, -0.2) is 4.79 Å². The summed E-state index contributed by atoms with van der Waals surface area (Å²) in [5.41, 5.74) is 0. The first kappa shape index (κ1) is 21.6. The number of carbonyl (C=O) groups excluding carboxylic acids is 1. The summed E-state index contributed by atoms with van der Waals surface area (Å²) >= 11 is 5.83. The highest BCUT2D eigenvalue weighted by molar-refractivity contribution is 6.30. The fraction of sp³-hybridized carbons (Fsp3) is 0.632. The summed E-state index contributed by atoms with van der Waals surface area (Å²) in [5.74, 6) is 0.794. The molecule has 1 aromatic carbocycles. The van der Waals surface area contributed by atoms with E-state index in [4.69, 9.17) is 16.3 Å². The molecule has 2 amide bonds. The molecule has 0 aliphatic carbocycles. The van der Waals surface area contributed by atoms with Crippen LogP contribution in [0.3, 0.4) is 0 Å². The number of nitrogens with one attached hydrogen (secondary N) is 1. The fourth-order valence-corrected chi connectivity index (χ4v) is 2.32. The average molecular weight is 370 g/mol. The number of urea groups is 1. The van der Waals surface area contributed by atoms with Gasteiger partial charge in [-0.2, -0.15) is 0 Å². The Balaban J connectivity index is 2.06. The van der Waals surface area contributed by atoms with Crippen molar-refractivity contribution >= 4 is 17.6 Å². The number of nitrogens with zero attached hydrogens (tertiary/aromatic N) is 2. The second-order valence-electron chi connectivity index (χ2n) is 6.59. The van der Waals surface area contributed by atoms with Gasteiger partial charge in [-0.05, 0) is 71.0 Å². The zero-order valence-electron chi connectivity index (χ0n) is 15.9. The summed E-state index contributed by atoms with van der Waals surface area (Å²) in [4.78, 5) is 16.0. The van der Waals surface area contributed by atoms with Crippen LogP contribution in [0, 0.1) is 0 Å². The van der Waals surface area contributed by atoms with Crippen LogP contribution in [0.15, 0.2) is 24.3 Å². The van der Waals surface area contributed by atoms with Gasteiger partial charge in [0.05, 0.1) is 6.61 Å². The predicted molar refractivity (Wildman–Crippen MR) is 105 cm³/mol. The molecular formula is C19H32ClN3O2. The second-order valence-corrected chi connectivity index (χ2v) is 7.03. The quantitative estimate of drug-likeness (QED) is 0.602. The molecule has 0 radical (unpaired) electrons. The number of halogens is 1. The summed E-state index contributed by atoms with van der Waals surface area (Å²) in [6, 6.07) is 7.83. The minimum absolute atomic E-state index is 0.0243. The molecule has 0 spiro atoms. The second kappa shape index (κ2) is 12.0. The smallest absolute Gasteiger partial charge is 0.317 e. The molecule has 5 nitrogen and oxygen atoms in total. The lowest BCUT2D eigenvalue weighted by Gasteiger charge is -2.21. The monoisotopic (exact) mass is 369 g/mol. The molecule has 0 saturated carbocycles. The molecule has 0 aliphatic rings. The Morgan fingerprint density at radius 3 is 2.44 bits per heavy atom. The number of amides is 2. The lowest BCUT2D eigenvalue weighted by molar-refractivity contribution is 0.202. The lowest BCUT2D eigenvalue weighted by Crippen LogP contribution is -2.38. The van der Waals surface area contributed by atoms with E-state index in [2.05, 4.69) is 31.1 Å². The SMILES string of the molecule is CC(C)N(C)CCCCNC(=O)N(C)CCCOc1ccc(Cl)cc1. The van der Waals surface area contributed by atoms with E-state index >= 15 is 0 Å². The summed E-state index contributed by atoms with van der Waals surface area (Å²) in [6.07, 6.45) is 2.87. The van der Waals surface area contributed by atoms with E-state index in [9.17, 15) is 4.79 Å². The van der Waals surface area contributed by atoms with E-state index in [0.29, 0.717) is 24.2 Å². The maximum absolute atomic E-state index is 12.0. The van der Waals surface area contributed by atoms with Gasteiger partial charge < -0.3 is 19.9 Å². The number of rotatable bonds is 11. The third kappa shape index (κ3) is 9.56. The van der Waals surface area contributed by atoms with Gasteiger partial charge in [0, 0.05) is 31.2 Å². The standard InChI is InChI=1S/C19H32ClN3O2/c1-16(2)22(3)13-6-5-12-21-19(24)23(4)14-7-15-25-18-10-8-17(20)9-11-18/h8-11,16H,5-7,12-15H2,1-4H3,(H,21,24). The van der Waals surface area contributed by atoms with Crippen molar-refractivity contribution in [1.82, 2.24) is 15.1 Å². The number of carbonyl (C=O) groups is 1. The molecular weight excluding hydrogens is 338 g/mol.